The summed E-state index contributed by atoms with van der Waals surface area (Å²) in [6.07, 6.45) is -1.90. The molecule has 1 aliphatic rings. The normalized spacial score (nSPS) is 29.7. The van der Waals surface area contributed by atoms with Crippen molar-refractivity contribution in [2.24, 2.45) is 0 Å². The summed E-state index contributed by atoms with van der Waals surface area (Å²) in [5, 5.41) is 39.3. The van der Waals surface area contributed by atoms with Crippen LogP contribution in [0.4, 0.5) is 5.82 Å². The van der Waals surface area contributed by atoms with Gasteiger partial charge >= 0.3 is 0 Å². The van der Waals surface area contributed by atoms with Crippen molar-refractivity contribution in [3.8, 4) is 6.07 Å². The Labute approximate surface area is 120 Å². The molecule has 0 amide bonds. The largest absolute Gasteiger partial charge is 0.394 e. The highest BCUT2D eigenvalue weighted by Crippen LogP contribution is 2.54. The van der Waals surface area contributed by atoms with Crippen LogP contribution in [0.5, 0.6) is 0 Å². The Kier molecular flexibility index (Phi) is 3.53. The van der Waals surface area contributed by atoms with E-state index in [4.69, 9.17) is 15.6 Å². The molecule has 1 saturated heterocycles. The molecule has 5 N–H and O–H groups in total. The molecule has 9 heteroatoms. The number of anilines is 1. The summed E-state index contributed by atoms with van der Waals surface area (Å²) in [5.41, 5.74) is 6.13. The molecule has 0 spiro atoms. The highest BCUT2D eigenvalue weighted by molar-refractivity contribution is 7.55. The molecule has 0 aliphatic carbocycles. The molecule has 2 aromatic rings. The lowest BCUT2D eigenvalue weighted by atomic mass is 10.2. The zero-order valence-electron chi connectivity index (χ0n) is 10.8. The molecule has 3 rings (SSSR count). The van der Waals surface area contributed by atoms with Crippen LogP contribution in [0.1, 0.15) is 11.4 Å². The topological polar surface area (TPSA) is 146 Å². The predicted molar refractivity (Wildman–Crippen MR) is 74.4 cm³/mol. The Balaban J connectivity index is 2.14. The average molecular weight is 308 g/mol. The standard InChI is InChI=1S/C12H13N4O4P/c13-1-5-3-21(11-7(5)10(14)15-4-16-11)12-9(19)8(18)6(2-17)20-12/h3-4,6,8-9,12,17-19H,2H2,(H2,14,15,16). The van der Waals surface area contributed by atoms with Crippen molar-refractivity contribution in [1.29, 1.82) is 5.26 Å². The van der Waals surface area contributed by atoms with Crippen molar-refractivity contribution < 1.29 is 20.1 Å². The maximum Gasteiger partial charge on any atom is 0.136 e. The molecule has 21 heavy (non-hydrogen) atoms. The molecule has 2 aromatic heterocycles. The first-order valence-electron chi connectivity index (χ1n) is 6.22. The van der Waals surface area contributed by atoms with E-state index in [1.807, 2.05) is 6.07 Å². The van der Waals surface area contributed by atoms with E-state index in [1.165, 1.54) is 6.33 Å². The van der Waals surface area contributed by atoms with Crippen LogP contribution in [0.25, 0.3) is 10.6 Å². The first-order chi connectivity index (χ1) is 10.1. The van der Waals surface area contributed by atoms with E-state index in [0.29, 0.717) is 16.2 Å². The summed E-state index contributed by atoms with van der Waals surface area (Å²) >= 11 is 0. The molecule has 1 aliphatic heterocycles. The second kappa shape index (κ2) is 5.22. The third kappa shape index (κ3) is 2.07. The summed E-state index contributed by atoms with van der Waals surface area (Å²) in [6.45, 7) is -0.397. The van der Waals surface area contributed by atoms with Gasteiger partial charge in [-0.15, -0.1) is 0 Å². The Morgan fingerprint density at radius 1 is 1.38 bits per heavy atom. The number of aliphatic hydroxyl groups excluding tert-OH is 3. The van der Waals surface area contributed by atoms with Crippen LogP contribution in [0.3, 0.4) is 0 Å². The molecule has 0 bridgehead atoms. The fourth-order valence-corrected chi connectivity index (χ4v) is 4.94. The van der Waals surface area contributed by atoms with Crippen LogP contribution in [0, 0.1) is 11.3 Å². The lowest BCUT2D eigenvalue weighted by Gasteiger charge is -2.14. The molecule has 0 radical (unpaired) electrons. The minimum Gasteiger partial charge on any atom is -0.394 e. The van der Waals surface area contributed by atoms with E-state index in [-0.39, 0.29) is 5.82 Å². The number of hydrogen-bond acceptors (Lipinski definition) is 8. The molecule has 5 atom stereocenters. The van der Waals surface area contributed by atoms with Gasteiger partial charge in [0.25, 0.3) is 0 Å². The first-order valence-corrected chi connectivity index (χ1v) is 7.70. The maximum absolute atomic E-state index is 10.1. The summed E-state index contributed by atoms with van der Waals surface area (Å²) in [7, 11) is -1.28. The molecule has 110 valence electrons. The second-order valence-corrected chi connectivity index (χ2v) is 6.75. The number of nitriles is 1. The van der Waals surface area contributed by atoms with E-state index in [0.717, 1.165) is 0 Å². The van der Waals surface area contributed by atoms with Crippen molar-refractivity contribution in [3.05, 3.63) is 17.7 Å². The molecular formula is C12H13N4O4P. The first kappa shape index (κ1) is 14.2. The number of rotatable bonds is 2. The van der Waals surface area contributed by atoms with Crippen LogP contribution < -0.4 is 5.73 Å². The number of ether oxygens (including phenoxy) is 1. The van der Waals surface area contributed by atoms with E-state index < -0.39 is 38.3 Å². The summed E-state index contributed by atoms with van der Waals surface area (Å²) in [6, 6.07) is 2.03. The molecule has 8 nitrogen and oxygen atoms in total. The predicted octanol–water partition coefficient (Wildman–Crippen LogP) is -0.318. The Bertz CT molecular complexity index is 728. The monoisotopic (exact) mass is 308 g/mol. The minimum absolute atomic E-state index is 0.199. The van der Waals surface area contributed by atoms with Crippen molar-refractivity contribution >= 4 is 24.0 Å². The fourth-order valence-electron chi connectivity index (χ4n) is 2.50. The molecule has 3 heterocycles. The minimum atomic E-state index is -1.28. The molecule has 1 fully saturated rings. The van der Waals surface area contributed by atoms with Gasteiger partial charge in [-0.1, -0.05) is 7.53 Å². The number of nitrogens with two attached hydrogens (primary N) is 1. The number of fused-ring (bicyclic) bond motifs is 1. The van der Waals surface area contributed by atoms with Gasteiger partial charge in [0.05, 0.1) is 22.8 Å². The van der Waals surface area contributed by atoms with Crippen molar-refractivity contribution in [2.45, 2.75) is 24.2 Å². The highest BCUT2D eigenvalue weighted by atomic mass is 31.1. The number of nitrogen functional groups attached to an aromatic ring is 1. The summed E-state index contributed by atoms with van der Waals surface area (Å²) in [5.74, 6) is 1.11. The van der Waals surface area contributed by atoms with Crippen LogP contribution in [-0.4, -0.2) is 50.2 Å². The van der Waals surface area contributed by atoms with Gasteiger partial charge in [0, 0.05) is 0 Å². The van der Waals surface area contributed by atoms with Crippen LogP contribution in [-0.2, 0) is 4.74 Å². The van der Waals surface area contributed by atoms with Crippen LogP contribution in [0.15, 0.2) is 12.1 Å². The molecule has 5 unspecified atom stereocenters. The number of aliphatic hydroxyl groups is 3. The van der Waals surface area contributed by atoms with Crippen molar-refractivity contribution in [1.82, 2.24) is 9.97 Å². The lowest BCUT2D eigenvalue weighted by molar-refractivity contribution is -0.0124. The maximum atomic E-state index is 10.1. The van der Waals surface area contributed by atoms with Crippen LogP contribution in [0.2, 0.25) is 0 Å². The second-order valence-electron chi connectivity index (χ2n) is 4.75. The Hall–Kier alpha value is -1.75. The van der Waals surface area contributed by atoms with Gasteiger partial charge in [-0.05, 0) is 5.80 Å². The smallest absolute Gasteiger partial charge is 0.136 e. The van der Waals surface area contributed by atoms with Gasteiger partial charge in [0.15, 0.2) is 0 Å². The quantitative estimate of drug-likeness (QED) is 0.590. The van der Waals surface area contributed by atoms with E-state index in [1.54, 1.807) is 5.80 Å². The van der Waals surface area contributed by atoms with Gasteiger partial charge in [0.1, 0.15) is 42.4 Å². The van der Waals surface area contributed by atoms with Gasteiger partial charge < -0.3 is 25.8 Å². The van der Waals surface area contributed by atoms with Crippen molar-refractivity contribution in [3.63, 3.8) is 0 Å². The number of aromatic nitrogens is 2. The highest BCUT2D eigenvalue weighted by Gasteiger charge is 2.44. The Morgan fingerprint density at radius 3 is 2.76 bits per heavy atom. The SMILES string of the molecule is N#Cc1cp(C2OC(CO)C(O)C2O)c2ncnc(N)c12. The zero-order chi connectivity index (χ0) is 15.1. The third-order valence-corrected chi connectivity index (χ3v) is 5.89. The molecule has 0 saturated carbocycles. The summed E-state index contributed by atoms with van der Waals surface area (Å²) in [4.78, 5) is 8.02. The van der Waals surface area contributed by atoms with Crippen molar-refractivity contribution in [2.75, 3.05) is 12.3 Å². The van der Waals surface area contributed by atoms with E-state index in [9.17, 15) is 15.5 Å². The van der Waals surface area contributed by atoms with Gasteiger partial charge in [0.2, 0.25) is 0 Å². The zero-order valence-corrected chi connectivity index (χ0v) is 11.7. The Morgan fingerprint density at radius 2 is 2.14 bits per heavy atom. The number of hydrogen-bond donors (Lipinski definition) is 4. The summed E-state index contributed by atoms with van der Waals surface area (Å²) < 4.78 is 5.53. The molecule has 0 aromatic carbocycles. The van der Waals surface area contributed by atoms with Gasteiger partial charge in [-0.3, -0.25) is 0 Å². The van der Waals surface area contributed by atoms with E-state index >= 15 is 0 Å². The average Bonchev–Trinajstić information content (AvgIpc) is 2.99. The fraction of sp³-hybridized carbons (Fsp3) is 0.417. The van der Waals surface area contributed by atoms with E-state index in [2.05, 4.69) is 9.97 Å². The third-order valence-electron chi connectivity index (χ3n) is 3.55. The molecular weight excluding hydrogens is 295 g/mol. The lowest BCUT2D eigenvalue weighted by Crippen LogP contribution is -2.32. The van der Waals surface area contributed by atoms with Crippen LogP contribution >= 0.6 is 7.53 Å². The van der Waals surface area contributed by atoms with Gasteiger partial charge in [-0.25, -0.2) is 9.97 Å². The number of nitrogens with zero attached hydrogens (tertiary/aromatic N) is 3. The van der Waals surface area contributed by atoms with Gasteiger partial charge in [-0.2, -0.15) is 5.26 Å².